The van der Waals surface area contributed by atoms with Gasteiger partial charge in [-0.05, 0) is 18.1 Å². The number of hydrogen-bond donors (Lipinski definition) is 1. The molecule has 0 bridgehead atoms. The molecular formula is C27H36N8O2. The topological polar surface area (TPSA) is 97.4 Å². The van der Waals surface area contributed by atoms with Gasteiger partial charge < -0.3 is 19.3 Å². The monoisotopic (exact) mass is 504 g/mol. The van der Waals surface area contributed by atoms with E-state index in [1.165, 1.54) is 0 Å². The van der Waals surface area contributed by atoms with Crippen molar-refractivity contribution in [3.05, 3.63) is 35.9 Å². The van der Waals surface area contributed by atoms with Crippen LogP contribution in [0.15, 0.2) is 24.3 Å². The Morgan fingerprint density at radius 1 is 1.03 bits per heavy atom. The van der Waals surface area contributed by atoms with E-state index in [0.29, 0.717) is 25.1 Å². The molecule has 3 aromatic heterocycles. The molecule has 1 aromatic carbocycles. The van der Waals surface area contributed by atoms with E-state index in [2.05, 4.69) is 45.8 Å². The van der Waals surface area contributed by atoms with Crippen LogP contribution in [-0.4, -0.2) is 84.6 Å². The molecule has 1 N–H and O–H groups in total. The normalized spacial score (nSPS) is 18.3. The van der Waals surface area contributed by atoms with Gasteiger partial charge in [0.1, 0.15) is 11.6 Å². The van der Waals surface area contributed by atoms with Crippen LogP contribution in [0, 0.1) is 11.8 Å². The molecule has 0 spiro atoms. The van der Waals surface area contributed by atoms with E-state index < -0.39 is 0 Å². The largest absolute Gasteiger partial charge is 0.392 e. The van der Waals surface area contributed by atoms with Crippen LogP contribution in [0.5, 0.6) is 0 Å². The second-order valence-electron chi connectivity index (χ2n) is 10.6. The number of morpholine rings is 1. The van der Waals surface area contributed by atoms with Crippen molar-refractivity contribution in [2.75, 3.05) is 44.3 Å². The van der Waals surface area contributed by atoms with E-state index in [9.17, 15) is 5.11 Å². The van der Waals surface area contributed by atoms with Crippen molar-refractivity contribution >= 4 is 28.0 Å². The molecule has 2 aliphatic rings. The van der Waals surface area contributed by atoms with Crippen LogP contribution < -0.4 is 4.90 Å². The Morgan fingerprint density at radius 3 is 2.51 bits per heavy atom. The molecule has 1 atom stereocenters. The minimum atomic E-state index is -0.254. The van der Waals surface area contributed by atoms with Crippen LogP contribution in [0.3, 0.4) is 0 Å². The highest BCUT2D eigenvalue weighted by molar-refractivity contribution is 5.86. The Morgan fingerprint density at radius 2 is 1.78 bits per heavy atom. The number of anilines is 1. The molecule has 1 unspecified atom stereocenters. The summed E-state index contributed by atoms with van der Waals surface area (Å²) in [6, 6.07) is 8.14. The molecular weight excluding hydrogens is 468 g/mol. The number of benzene rings is 1. The number of aliphatic hydroxyl groups is 1. The first-order valence-corrected chi connectivity index (χ1v) is 13.4. The second-order valence-corrected chi connectivity index (χ2v) is 10.6. The third kappa shape index (κ3) is 4.26. The van der Waals surface area contributed by atoms with Gasteiger partial charge in [0.15, 0.2) is 17.0 Å². The molecule has 0 amide bonds. The van der Waals surface area contributed by atoms with Gasteiger partial charge in [-0.25, -0.2) is 9.97 Å². The zero-order chi connectivity index (χ0) is 25.7. The molecule has 4 aromatic rings. The fourth-order valence-corrected chi connectivity index (χ4v) is 5.55. The lowest BCUT2D eigenvalue weighted by Gasteiger charge is -2.42. The van der Waals surface area contributed by atoms with Crippen LogP contribution in [0.4, 0.5) is 5.82 Å². The van der Waals surface area contributed by atoms with E-state index in [0.717, 1.165) is 78.8 Å². The highest BCUT2D eigenvalue weighted by Gasteiger charge is 2.35. The molecule has 10 nitrogen and oxygen atoms in total. The highest BCUT2D eigenvalue weighted by atomic mass is 16.5. The molecule has 2 aliphatic heterocycles. The van der Waals surface area contributed by atoms with Crippen molar-refractivity contribution in [2.45, 2.75) is 39.8 Å². The van der Waals surface area contributed by atoms with Crippen LogP contribution >= 0.6 is 0 Å². The molecule has 196 valence electrons. The Labute approximate surface area is 216 Å². The van der Waals surface area contributed by atoms with E-state index in [-0.39, 0.29) is 12.0 Å². The number of ether oxygens (including phenoxy) is 1. The minimum Gasteiger partial charge on any atom is -0.392 e. The number of aryl methyl sites for hydroxylation is 2. The van der Waals surface area contributed by atoms with Gasteiger partial charge in [0, 0.05) is 45.6 Å². The van der Waals surface area contributed by atoms with Crippen molar-refractivity contribution in [1.82, 2.24) is 34.0 Å². The van der Waals surface area contributed by atoms with Crippen LogP contribution in [-0.2, 0) is 24.8 Å². The quantitative estimate of drug-likeness (QED) is 0.410. The van der Waals surface area contributed by atoms with E-state index in [1.54, 1.807) is 0 Å². The molecule has 10 heteroatoms. The number of fused-ring (bicyclic) bond motifs is 2. The van der Waals surface area contributed by atoms with Gasteiger partial charge in [-0.3, -0.25) is 9.47 Å². The summed E-state index contributed by atoms with van der Waals surface area (Å²) in [7, 11) is 2.04. The Hall–Kier alpha value is -3.08. The maximum atomic E-state index is 10.4. The molecule has 6 rings (SSSR count). The number of hydrogen-bond acceptors (Lipinski definition) is 8. The summed E-state index contributed by atoms with van der Waals surface area (Å²) in [4.78, 5) is 24.7. The van der Waals surface area contributed by atoms with E-state index >= 15 is 0 Å². The summed E-state index contributed by atoms with van der Waals surface area (Å²) in [5.41, 5.74) is 3.59. The predicted octanol–water partition coefficient (Wildman–Crippen LogP) is 2.55. The van der Waals surface area contributed by atoms with Gasteiger partial charge in [0.05, 0.1) is 36.9 Å². The molecule has 0 radical (unpaired) electrons. The fraction of sp³-hybridized carbons (Fsp3) is 0.556. The second kappa shape index (κ2) is 9.66. The molecule has 0 aliphatic carbocycles. The minimum absolute atomic E-state index is 0.254. The first-order valence-electron chi connectivity index (χ1n) is 13.4. The van der Waals surface area contributed by atoms with Crippen LogP contribution in [0.2, 0.25) is 0 Å². The van der Waals surface area contributed by atoms with E-state index in [4.69, 9.17) is 24.7 Å². The lowest BCUT2D eigenvalue weighted by molar-refractivity contribution is -0.0311. The number of rotatable bonds is 7. The smallest absolute Gasteiger partial charge is 0.239 e. The first kappa shape index (κ1) is 24.3. The number of para-hydroxylation sites is 2. The fourth-order valence-electron chi connectivity index (χ4n) is 5.55. The number of nitrogens with zero attached hydrogens (tertiary/aromatic N) is 8. The molecule has 5 heterocycles. The van der Waals surface area contributed by atoms with E-state index in [1.807, 2.05) is 25.2 Å². The summed E-state index contributed by atoms with van der Waals surface area (Å²) in [5, 5.41) is 10.4. The Kier molecular flexibility index (Phi) is 6.34. The molecule has 2 saturated heterocycles. The average molecular weight is 505 g/mol. The lowest BCUT2D eigenvalue weighted by Crippen LogP contribution is -2.52. The number of likely N-dealkylation sites (tertiary alicyclic amines) is 1. The zero-order valence-corrected chi connectivity index (χ0v) is 22.1. The van der Waals surface area contributed by atoms with Crippen molar-refractivity contribution < 1.29 is 9.84 Å². The lowest BCUT2D eigenvalue weighted by atomic mass is 9.87. The Balaban J connectivity index is 1.42. The third-order valence-corrected chi connectivity index (χ3v) is 7.75. The zero-order valence-electron chi connectivity index (χ0n) is 22.1. The van der Waals surface area contributed by atoms with Gasteiger partial charge in [0.25, 0.3) is 0 Å². The number of aromatic nitrogens is 6. The number of imidazole rings is 2. The maximum Gasteiger partial charge on any atom is 0.239 e. The molecule has 0 saturated carbocycles. The van der Waals surface area contributed by atoms with Gasteiger partial charge in [0.2, 0.25) is 5.95 Å². The predicted molar refractivity (Wildman–Crippen MR) is 143 cm³/mol. The third-order valence-electron chi connectivity index (χ3n) is 7.75. The summed E-state index contributed by atoms with van der Waals surface area (Å²) >= 11 is 0. The standard InChI is InChI=1S/C27H36N8O2/c1-5-21-28-19-8-6-7-9-20(19)35(21)27-30-25-23(26(31-27)34-10-12-37-13-11-34)29-22(32(25)4)16-33-14-18(15-33)24(36)17(2)3/h6-9,17-18,24,36H,5,10-16H2,1-4H3. The van der Waals surface area contributed by atoms with Gasteiger partial charge in [-0.2, -0.15) is 9.97 Å². The van der Waals surface area contributed by atoms with Crippen molar-refractivity contribution in [3.63, 3.8) is 0 Å². The van der Waals surface area contributed by atoms with Crippen molar-refractivity contribution in [2.24, 2.45) is 18.9 Å². The highest BCUT2D eigenvalue weighted by Crippen LogP contribution is 2.30. The summed E-state index contributed by atoms with van der Waals surface area (Å²) in [6.07, 6.45) is 0.522. The SMILES string of the molecule is CCc1nc2ccccc2n1-c1nc(N2CCOCC2)c2nc(CN3CC(C(O)C(C)C)C3)n(C)c2n1. The van der Waals surface area contributed by atoms with Crippen molar-refractivity contribution in [1.29, 1.82) is 0 Å². The first-order chi connectivity index (χ1) is 17.9. The summed E-state index contributed by atoms with van der Waals surface area (Å²) in [5.74, 6) is 3.97. The maximum absolute atomic E-state index is 10.4. The number of aliphatic hydroxyl groups excluding tert-OH is 1. The average Bonchev–Trinajstić information content (AvgIpc) is 3.42. The van der Waals surface area contributed by atoms with Crippen LogP contribution in [0.1, 0.15) is 32.4 Å². The molecule has 37 heavy (non-hydrogen) atoms. The van der Waals surface area contributed by atoms with Crippen LogP contribution in [0.25, 0.3) is 28.1 Å². The van der Waals surface area contributed by atoms with Gasteiger partial charge in [-0.15, -0.1) is 0 Å². The summed E-state index contributed by atoms with van der Waals surface area (Å²) < 4.78 is 9.81. The molecule has 2 fully saturated rings. The van der Waals surface area contributed by atoms with Crippen molar-refractivity contribution in [3.8, 4) is 5.95 Å². The van der Waals surface area contributed by atoms with Gasteiger partial charge >= 0.3 is 0 Å². The summed E-state index contributed by atoms with van der Waals surface area (Å²) in [6.45, 7) is 11.6. The Bertz CT molecular complexity index is 1420. The van der Waals surface area contributed by atoms with Gasteiger partial charge in [-0.1, -0.05) is 32.9 Å².